The van der Waals surface area contributed by atoms with E-state index in [1.54, 1.807) is 44.2 Å². The predicted octanol–water partition coefficient (Wildman–Crippen LogP) is 2.09. The quantitative estimate of drug-likeness (QED) is 0.364. The van der Waals surface area contributed by atoms with Crippen LogP contribution < -0.4 is 16.5 Å². The zero-order valence-corrected chi connectivity index (χ0v) is 15.8. The molecule has 1 unspecified atom stereocenters. The summed E-state index contributed by atoms with van der Waals surface area (Å²) in [7, 11) is 0. The van der Waals surface area contributed by atoms with Crippen LogP contribution in [0.25, 0.3) is 6.08 Å². The number of hydrogen-bond acceptors (Lipinski definition) is 4. The van der Waals surface area contributed by atoms with Crippen LogP contribution in [0, 0.1) is 11.8 Å². The molecule has 6 heteroatoms. The van der Waals surface area contributed by atoms with E-state index in [1.807, 2.05) is 36.4 Å². The van der Waals surface area contributed by atoms with Crippen LogP contribution >= 0.6 is 0 Å². The minimum Gasteiger partial charge on any atom is -0.338 e. The van der Waals surface area contributed by atoms with Gasteiger partial charge >= 0.3 is 0 Å². The average molecular weight is 377 g/mol. The fourth-order valence-corrected chi connectivity index (χ4v) is 2.40. The number of nitrogens with one attached hydrogen (secondary N) is 2. The molecule has 0 saturated heterocycles. The van der Waals surface area contributed by atoms with E-state index in [4.69, 9.17) is 10.9 Å². The van der Waals surface area contributed by atoms with Gasteiger partial charge < -0.3 is 11.1 Å². The fourth-order valence-electron chi connectivity index (χ4n) is 2.40. The van der Waals surface area contributed by atoms with Crippen molar-refractivity contribution >= 4 is 17.9 Å². The van der Waals surface area contributed by atoms with Gasteiger partial charge in [0.1, 0.15) is 6.04 Å². The van der Waals surface area contributed by atoms with Crippen molar-refractivity contribution in [3.05, 3.63) is 77.4 Å². The van der Waals surface area contributed by atoms with Crippen LogP contribution in [0.5, 0.6) is 0 Å². The Morgan fingerprint density at radius 1 is 1.11 bits per heavy atom. The third-order valence-electron chi connectivity index (χ3n) is 3.91. The summed E-state index contributed by atoms with van der Waals surface area (Å²) < 4.78 is 0. The van der Waals surface area contributed by atoms with Crippen molar-refractivity contribution in [2.24, 2.45) is 5.73 Å². The lowest BCUT2D eigenvalue weighted by Crippen LogP contribution is -2.61. The molecule has 0 aliphatic rings. The van der Waals surface area contributed by atoms with Gasteiger partial charge in [0.05, 0.1) is 0 Å². The zero-order valence-electron chi connectivity index (χ0n) is 15.8. The van der Waals surface area contributed by atoms with Crippen molar-refractivity contribution in [2.75, 3.05) is 0 Å². The van der Waals surface area contributed by atoms with Crippen LogP contribution in [-0.4, -0.2) is 28.6 Å². The summed E-state index contributed by atoms with van der Waals surface area (Å²) in [5.74, 6) is 4.67. The Morgan fingerprint density at radius 2 is 1.75 bits per heavy atom. The first-order valence-corrected chi connectivity index (χ1v) is 8.68. The van der Waals surface area contributed by atoms with E-state index < -0.39 is 23.4 Å². The molecule has 2 amide bonds. The molecule has 28 heavy (non-hydrogen) atoms. The van der Waals surface area contributed by atoms with Gasteiger partial charge in [-0.05, 0) is 55.8 Å². The summed E-state index contributed by atoms with van der Waals surface area (Å²) in [6.07, 6.45) is 3.67. The molecule has 0 aliphatic heterocycles. The lowest BCUT2D eigenvalue weighted by atomic mass is 9.95. The van der Waals surface area contributed by atoms with E-state index >= 15 is 0 Å². The normalized spacial score (nSPS) is 12.0. The van der Waals surface area contributed by atoms with Crippen molar-refractivity contribution < 1.29 is 14.8 Å². The molecule has 144 valence electrons. The number of hydrogen-bond donors (Lipinski definition) is 4. The highest BCUT2D eigenvalue weighted by atomic mass is 16.5. The van der Waals surface area contributed by atoms with Crippen LogP contribution in [0.4, 0.5) is 0 Å². The van der Waals surface area contributed by atoms with Gasteiger partial charge in [-0.3, -0.25) is 14.8 Å². The van der Waals surface area contributed by atoms with Crippen molar-refractivity contribution in [3.8, 4) is 11.8 Å². The number of benzene rings is 2. The van der Waals surface area contributed by atoms with E-state index in [1.165, 1.54) is 5.48 Å². The summed E-state index contributed by atoms with van der Waals surface area (Å²) in [6, 6.07) is 15.4. The van der Waals surface area contributed by atoms with Gasteiger partial charge in [-0.2, -0.15) is 0 Å². The second kappa shape index (κ2) is 9.51. The Labute approximate surface area is 164 Å². The van der Waals surface area contributed by atoms with Gasteiger partial charge in [-0.15, -0.1) is 0 Å². The molecule has 0 aromatic heterocycles. The second-order valence-corrected chi connectivity index (χ2v) is 6.79. The second-order valence-electron chi connectivity index (χ2n) is 6.79. The van der Waals surface area contributed by atoms with E-state index in [0.29, 0.717) is 5.56 Å². The molecule has 0 aliphatic carbocycles. The van der Waals surface area contributed by atoms with Crippen molar-refractivity contribution in [1.82, 2.24) is 10.8 Å². The third-order valence-corrected chi connectivity index (χ3v) is 3.91. The van der Waals surface area contributed by atoms with Crippen molar-refractivity contribution in [2.45, 2.75) is 25.4 Å². The van der Waals surface area contributed by atoms with Gasteiger partial charge in [0.15, 0.2) is 0 Å². The molecule has 2 aromatic rings. The largest absolute Gasteiger partial charge is 0.338 e. The van der Waals surface area contributed by atoms with Crippen LogP contribution in [0.2, 0.25) is 0 Å². The average Bonchev–Trinajstić information content (AvgIpc) is 2.69. The highest BCUT2D eigenvalue weighted by molar-refractivity contribution is 5.97. The minimum atomic E-state index is -1.09. The Kier molecular flexibility index (Phi) is 7.10. The molecule has 0 heterocycles. The Hall–Kier alpha value is -3.40. The molecule has 5 N–H and O–H groups in total. The van der Waals surface area contributed by atoms with E-state index in [0.717, 1.165) is 11.1 Å². The topological polar surface area (TPSA) is 104 Å². The number of carbonyl (C=O) groups is 2. The van der Waals surface area contributed by atoms with Crippen LogP contribution in [-0.2, 0) is 4.79 Å². The lowest BCUT2D eigenvalue weighted by molar-refractivity contribution is -0.132. The molecule has 2 aromatic carbocycles. The summed E-state index contributed by atoms with van der Waals surface area (Å²) in [6.45, 7) is 3.16. The smallest absolute Gasteiger partial charge is 0.267 e. The first-order chi connectivity index (χ1) is 13.3. The fraction of sp³-hybridized carbons (Fsp3) is 0.182. The molecular formula is C22H23N3O3. The number of allylic oxidation sites excluding steroid dienone is 1. The number of nitrogens with two attached hydrogens (primary N) is 1. The molecule has 1 atom stereocenters. The Bertz CT molecular complexity index is 902. The maximum absolute atomic E-state index is 12.4. The van der Waals surface area contributed by atoms with Crippen LogP contribution in [0.15, 0.2) is 60.7 Å². The number of carbonyl (C=O) groups excluding carboxylic acids is 2. The highest BCUT2D eigenvalue weighted by Crippen LogP contribution is 2.09. The molecular weight excluding hydrogens is 354 g/mol. The standard InChI is InChI=1S/C22H23N3O3/c1-22(2,23)19(21(27)25-28)24-20(26)18-14-12-17(13-15-18)11-7-6-10-16-8-4-3-5-9-16/h3-6,8-10,12-15,19,28H,23H2,1-2H3,(H,24,26)(H,25,27). The molecule has 0 saturated carbocycles. The van der Waals surface area contributed by atoms with Gasteiger partial charge in [-0.1, -0.05) is 42.2 Å². The summed E-state index contributed by atoms with van der Waals surface area (Å²) in [5, 5.41) is 11.4. The van der Waals surface area contributed by atoms with Crippen LogP contribution in [0.3, 0.4) is 0 Å². The van der Waals surface area contributed by atoms with Gasteiger partial charge in [-0.25, -0.2) is 5.48 Å². The molecule has 0 fully saturated rings. The predicted molar refractivity (Wildman–Crippen MR) is 108 cm³/mol. The Morgan fingerprint density at radius 3 is 2.32 bits per heavy atom. The highest BCUT2D eigenvalue weighted by Gasteiger charge is 2.33. The van der Waals surface area contributed by atoms with Gasteiger partial charge in [0.25, 0.3) is 11.8 Å². The summed E-state index contributed by atoms with van der Waals surface area (Å²) in [4.78, 5) is 24.1. The first kappa shape index (κ1) is 20.9. The lowest BCUT2D eigenvalue weighted by Gasteiger charge is -2.29. The molecule has 0 radical (unpaired) electrons. The minimum absolute atomic E-state index is 0.352. The van der Waals surface area contributed by atoms with E-state index in [-0.39, 0.29) is 0 Å². The monoisotopic (exact) mass is 377 g/mol. The molecule has 0 bridgehead atoms. The maximum Gasteiger partial charge on any atom is 0.267 e. The van der Waals surface area contributed by atoms with E-state index in [2.05, 4.69) is 17.2 Å². The Balaban J connectivity index is 2.04. The number of rotatable bonds is 5. The van der Waals surface area contributed by atoms with Gasteiger partial charge in [0.2, 0.25) is 0 Å². The summed E-state index contributed by atoms with van der Waals surface area (Å²) in [5.41, 5.74) is 8.53. The van der Waals surface area contributed by atoms with Crippen LogP contribution in [0.1, 0.15) is 35.3 Å². The van der Waals surface area contributed by atoms with Crippen molar-refractivity contribution in [3.63, 3.8) is 0 Å². The molecule has 2 rings (SSSR count). The molecule has 6 nitrogen and oxygen atoms in total. The maximum atomic E-state index is 12.4. The molecule has 0 spiro atoms. The first-order valence-electron chi connectivity index (χ1n) is 8.68. The van der Waals surface area contributed by atoms with Crippen molar-refractivity contribution in [1.29, 1.82) is 0 Å². The zero-order chi connectivity index (χ0) is 20.6. The van der Waals surface area contributed by atoms with E-state index in [9.17, 15) is 9.59 Å². The number of amides is 2. The third kappa shape index (κ3) is 6.09. The number of hydroxylamine groups is 1. The van der Waals surface area contributed by atoms with Gasteiger partial charge in [0, 0.05) is 16.7 Å². The SMILES string of the molecule is CC(C)(N)C(NC(=O)c1ccc(C#CC=Cc2ccccc2)cc1)C(=O)NO. The summed E-state index contributed by atoms with van der Waals surface area (Å²) >= 11 is 0.